The Labute approximate surface area is 195 Å². The van der Waals surface area contributed by atoms with E-state index in [0.29, 0.717) is 5.02 Å². The Morgan fingerprint density at radius 1 is 1.03 bits per heavy atom. The van der Waals surface area contributed by atoms with Gasteiger partial charge >= 0.3 is 0 Å². The van der Waals surface area contributed by atoms with Gasteiger partial charge in [-0.25, -0.2) is 4.99 Å². The number of amidine groups is 1. The molecule has 4 rings (SSSR count). The van der Waals surface area contributed by atoms with Gasteiger partial charge in [0.15, 0.2) is 0 Å². The number of rotatable bonds is 4. The molecule has 0 N–H and O–H groups in total. The fraction of sp³-hybridized carbons (Fsp3) is 0.261. The first-order valence-electron chi connectivity index (χ1n) is 10.0. The van der Waals surface area contributed by atoms with E-state index in [4.69, 9.17) is 31.5 Å². The van der Waals surface area contributed by atoms with E-state index in [1.807, 2.05) is 68.5 Å². The SMILES string of the molecule is CC(=N/C(C)=C\c1nn(-c2ccc(Br)cc2)nc1-c1ccc(Cl)cc1)N1CCOCC1. The maximum Gasteiger partial charge on any atom is 0.120 e. The number of hydrogen-bond donors (Lipinski definition) is 0. The van der Waals surface area contributed by atoms with E-state index in [2.05, 4.69) is 20.8 Å². The van der Waals surface area contributed by atoms with Crippen LogP contribution in [0.3, 0.4) is 0 Å². The third-order valence-corrected chi connectivity index (χ3v) is 5.75. The van der Waals surface area contributed by atoms with E-state index >= 15 is 0 Å². The average molecular weight is 501 g/mol. The minimum atomic E-state index is 0.683. The number of hydrogen-bond acceptors (Lipinski definition) is 4. The molecule has 1 fully saturated rings. The summed E-state index contributed by atoms with van der Waals surface area (Å²) >= 11 is 9.55. The van der Waals surface area contributed by atoms with Crippen molar-refractivity contribution in [3.63, 3.8) is 0 Å². The standard InChI is InChI=1S/C23H23BrClN5O/c1-16(26-17(2)29-11-13-31-14-12-29)15-22-23(18-3-7-20(25)8-4-18)28-30(27-22)21-9-5-19(24)6-10-21/h3-10,15H,11-14H2,1-2H3/b16-15-,26-17?. The molecule has 0 atom stereocenters. The smallest absolute Gasteiger partial charge is 0.120 e. The summed E-state index contributed by atoms with van der Waals surface area (Å²) in [6, 6.07) is 15.5. The van der Waals surface area contributed by atoms with Gasteiger partial charge < -0.3 is 9.64 Å². The van der Waals surface area contributed by atoms with E-state index in [0.717, 1.165) is 64.9 Å². The molecule has 31 heavy (non-hydrogen) atoms. The van der Waals surface area contributed by atoms with Crippen LogP contribution >= 0.6 is 27.5 Å². The number of aliphatic imine (C=N–C) groups is 1. The van der Waals surface area contributed by atoms with Crippen molar-refractivity contribution in [2.24, 2.45) is 4.99 Å². The van der Waals surface area contributed by atoms with Crippen LogP contribution in [0, 0.1) is 0 Å². The first-order chi connectivity index (χ1) is 15.0. The lowest BCUT2D eigenvalue weighted by Gasteiger charge is -2.28. The molecule has 0 saturated carbocycles. The van der Waals surface area contributed by atoms with Crippen molar-refractivity contribution < 1.29 is 4.74 Å². The van der Waals surface area contributed by atoms with Gasteiger partial charge in [-0.05, 0) is 56.3 Å². The molecule has 0 spiro atoms. The third-order valence-electron chi connectivity index (χ3n) is 4.97. The molecular formula is C23H23BrClN5O. The Balaban J connectivity index is 1.71. The van der Waals surface area contributed by atoms with Crippen LogP contribution in [0.1, 0.15) is 19.5 Å². The van der Waals surface area contributed by atoms with Crippen LogP contribution in [0.2, 0.25) is 5.02 Å². The molecule has 0 bridgehead atoms. The predicted octanol–water partition coefficient (Wildman–Crippen LogP) is 5.46. The largest absolute Gasteiger partial charge is 0.378 e. The van der Waals surface area contributed by atoms with Gasteiger partial charge in [-0.2, -0.15) is 4.80 Å². The van der Waals surface area contributed by atoms with Crippen molar-refractivity contribution in [3.8, 4) is 16.9 Å². The number of morpholine rings is 1. The zero-order chi connectivity index (χ0) is 21.8. The summed E-state index contributed by atoms with van der Waals surface area (Å²) in [5, 5.41) is 10.2. The molecule has 1 aliphatic rings. The summed E-state index contributed by atoms with van der Waals surface area (Å²) in [5.74, 6) is 0.977. The maximum atomic E-state index is 6.08. The van der Waals surface area contributed by atoms with Gasteiger partial charge in [0.05, 0.1) is 18.9 Å². The topological polar surface area (TPSA) is 55.5 Å². The van der Waals surface area contributed by atoms with E-state index in [-0.39, 0.29) is 0 Å². The van der Waals surface area contributed by atoms with Gasteiger partial charge in [0.1, 0.15) is 17.2 Å². The Hall–Kier alpha value is -2.48. The average Bonchev–Trinajstić information content (AvgIpc) is 3.18. The van der Waals surface area contributed by atoms with Crippen LogP contribution in [0.25, 0.3) is 23.0 Å². The quantitative estimate of drug-likeness (QED) is 0.352. The molecule has 0 unspecified atom stereocenters. The minimum absolute atomic E-state index is 0.683. The number of allylic oxidation sites excluding steroid dienone is 1. The normalized spacial score (nSPS) is 15.4. The van der Waals surface area contributed by atoms with Crippen molar-refractivity contribution in [1.29, 1.82) is 0 Å². The van der Waals surface area contributed by atoms with Crippen molar-refractivity contribution in [1.82, 2.24) is 19.9 Å². The molecule has 6 nitrogen and oxygen atoms in total. The molecule has 0 amide bonds. The van der Waals surface area contributed by atoms with E-state index in [1.54, 1.807) is 4.80 Å². The zero-order valence-electron chi connectivity index (χ0n) is 17.4. The second-order valence-electron chi connectivity index (χ2n) is 7.25. The maximum absolute atomic E-state index is 6.08. The van der Waals surface area contributed by atoms with Crippen molar-refractivity contribution in [2.45, 2.75) is 13.8 Å². The van der Waals surface area contributed by atoms with Crippen LogP contribution in [0.5, 0.6) is 0 Å². The lowest BCUT2D eigenvalue weighted by molar-refractivity contribution is 0.0678. The van der Waals surface area contributed by atoms with Crippen LogP contribution < -0.4 is 0 Å². The van der Waals surface area contributed by atoms with Gasteiger partial charge in [-0.1, -0.05) is 39.7 Å². The number of ether oxygens (including phenoxy) is 1. The van der Waals surface area contributed by atoms with E-state index in [9.17, 15) is 0 Å². The monoisotopic (exact) mass is 499 g/mol. The highest BCUT2D eigenvalue weighted by molar-refractivity contribution is 9.10. The molecule has 2 heterocycles. The highest BCUT2D eigenvalue weighted by Crippen LogP contribution is 2.25. The first kappa shape index (κ1) is 21.7. The van der Waals surface area contributed by atoms with E-state index < -0.39 is 0 Å². The van der Waals surface area contributed by atoms with Crippen LogP contribution in [0.4, 0.5) is 0 Å². The minimum Gasteiger partial charge on any atom is -0.378 e. The Morgan fingerprint density at radius 3 is 2.39 bits per heavy atom. The highest BCUT2D eigenvalue weighted by Gasteiger charge is 2.14. The summed E-state index contributed by atoms with van der Waals surface area (Å²) in [7, 11) is 0. The highest BCUT2D eigenvalue weighted by atomic mass is 79.9. The van der Waals surface area contributed by atoms with E-state index in [1.165, 1.54) is 0 Å². The number of nitrogens with zero attached hydrogens (tertiary/aromatic N) is 5. The lowest BCUT2D eigenvalue weighted by atomic mass is 10.1. The van der Waals surface area contributed by atoms with Crippen LogP contribution in [-0.2, 0) is 4.74 Å². The molecule has 1 saturated heterocycles. The fourth-order valence-electron chi connectivity index (χ4n) is 3.36. The van der Waals surface area contributed by atoms with Gasteiger partial charge in [0, 0.05) is 33.8 Å². The number of aromatic nitrogens is 3. The van der Waals surface area contributed by atoms with Gasteiger partial charge in [-0.3, -0.25) is 0 Å². The van der Waals surface area contributed by atoms with Gasteiger partial charge in [0.25, 0.3) is 0 Å². The second-order valence-corrected chi connectivity index (χ2v) is 8.60. The predicted molar refractivity (Wildman–Crippen MR) is 129 cm³/mol. The Kier molecular flexibility index (Phi) is 6.85. The number of benzene rings is 2. The zero-order valence-corrected chi connectivity index (χ0v) is 19.8. The number of halogens is 2. The summed E-state index contributed by atoms with van der Waals surface area (Å²) in [5.41, 5.74) is 4.21. The van der Waals surface area contributed by atoms with Crippen LogP contribution in [0.15, 0.2) is 63.7 Å². The lowest BCUT2D eigenvalue weighted by Crippen LogP contribution is -2.39. The van der Waals surface area contributed by atoms with Crippen molar-refractivity contribution in [2.75, 3.05) is 26.3 Å². The fourth-order valence-corrected chi connectivity index (χ4v) is 3.75. The third kappa shape index (κ3) is 5.42. The van der Waals surface area contributed by atoms with Gasteiger partial charge in [0.2, 0.25) is 0 Å². The Morgan fingerprint density at radius 2 is 1.71 bits per heavy atom. The molecule has 160 valence electrons. The van der Waals surface area contributed by atoms with Crippen molar-refractivity contribution in [3.05, 3.63) is 69.4 Å². The molecule has 2 aromatic carbocycles. The second kappa shape index (κ2) is 9.77. The summed E-state index contributed by atoms with van der Waals surface area (Å²) in [6.45, 7) is 7.20. The molecule has 0 aliphatic carbocycles. The molecule has 1 aromatic heterocycles. The molecule has 8 heteroatoms. The van der Waals surface area contributed by atoms with Crippen molar-refractivity contribution >= 4 is 39.4 Å². The summed E-state index contributed by atoms with van der Waals surface area (Å²) < 4.78 is 6.44. The molecule has 0 radical (unpaired) electrons. The Bertz CT molecular complexity index is 1100. The van der Waals surface area contributed by atoms with Gasteiger partial charge in [-0.15, -0.1) is 10.2 Å². The first-order valence-corrected chi connectivity index (χ1v) is 11.2. The molecule has 1 aliphatic heterocycles. The molecular weight excluding hydrogens is 478 g/mol. The van der Waals surface area contributed by atoms with Crippen LogP contribution in [-0.4, -0.2) is 52.0 Å². The summed E-state index contributed by atoms with van der Waals surface area (Å²) in [4.78, 5) is 8.66. The summed E-state index contributed by atoms with van der Waals surface area (Å²) in [6.07, 6.45) is 1.97. The molecule has 3 aromatic rings.